The van der Waals surface area contributed by atoms with Crippen LogP contribution in [0.15, 0.2) is 35.8 Å². The molecule has 0 spiro atoms. The van der Waals surface area contributed by atoms with Crippen molar-refractivity contribution in [1.82, 2.24) is 9.88 Å². The fraction of sp³-hybridized carbons (Fsp3) is 0.357. The van der Waals surface area contributed by atoms with Gasteiger partial charge in [-0.1, -0.05) is 6.07 Å². The van der Waals surface area contributed by atoms with Gasteiger partial charge in [0.25, 0.3) is 5.91 Å². The first-order valence-corrected chi connectivity index (χ1v) is 7.26. The molecule has 2 heterocycles. The SMILES string of the molecule is CC(N)CCNC(=O)c1cccn1Cc1cccs1.Cl. The average molecular weight is 314 g/mol. The molecule has 110 valence electrons. The second kappa shape index (κ2) is 8.09. The third-order valence-electron chi connectivity index (χ3n) is 2.85. The van der Waals surface area contributed by atoms with Gasteiger partial charge in [0, 0.05) is 23.7 Å². The topological polar surface area (TPSA) is 60.0 Å². The highest BCUT2D eigenvalue weighted by Gasteiger charge is 2.10. The molecule has 0 radical (unpaired) electrons. The number of nitrogens with zero attached hydrogens (tertiary/aromatic N) is 1. The molecule has 0 aliphatic heterocycles. The largest absolute Gasteiger partial charge is 0.351 e. The van der Waals surface area contributed by atoms with E-state index in [0.29, 0.717) is 12.2 Å². The lowest BCUT2D eigenvalue weighted by Gasteiger charge is -2.10. The maximum atomic E-state index is 12.1. The molecule has 2 rings (SSSR count). The Hall–Kier alpha value is -1.30. The molecule has 0 aliphatic carbocycles. The van der Waals surface area contributed by atoms with Crippen molar-refractivity contribution in [3.63, 3.8) is 0 Å². The molecule has 6 heteroatoms. The number of carbonyl (C=O) groups excluding carboxylic acids is 1. The Kier molecular flexibility index (Phi) is 6.78. The molecule has 0 aliphatic rings. The lowest BCUT2D eigenvalue weighted by molar-refractivity contribution is 0.0944. The Morgan fingerprint density at radius 1 is 1.45 bits per heavy atom. The van der Waals surface area contributed by atoms with Crippen LogP contribution in [0.25, 0.3) is 0 Å². The average Bonchev–Trinajstić information content (AvgIpc) is 3.00. The van der Waals surface area contributed by atoms with E-state index in [0.717, 1.165) is 13.0 Å². The second-order valence-corrected chi connectivity index (χ2v) is 5.65. The van der Waals surface area contributed by atoms with Crippen LogP contribution < -0.4 is 11.1 Å². The standard InChI is InChI=1S/C14H19N3OS.ClH/c1-11(15)6-7-16-14(18)13-5-2-8-17(13)10-12-4-3-9-19-12;/h2-5,8-9,11H,6-7,10,15H2,1H3,(H,16,18);1H. The summed E-state index contributed by atoms with van der Waals surface area (Å²) in [6, 6.07) is 7.94. The molecule has 0 aromatic carbocycles. The summed E-state index contributed by atoms with van der Waals surface area (Å²) < 4.78 is 1.97. The molecule has 20 heavy (non-hydrogen) atoms. The summed E-state index contributed by atoms with van der Waals surface area (Å²) in [6.07, 6.45) is 2.72. The van der Waals surface area contributed by atoms with Gasteiger partial charge < -0.3 is 15.6 Å². The van der Waals surface area contributed by atoms with Gasteiger partial charge in [-0.25, -0.2) is 0 Å². The van der Waals surface area contributed by atoms with Crippen LogP contribution in [-0.4, -0.2) is 23.1 Å². The van der Waals surface area contributed by atoms with E-state index in [9.17, 15) is 4.79 Å². The van der Waals surface area contributed by atoms with Crippen LogP contribution in [0, 0.1) is 0 Å². The van der Waals surface area contributed by atoms with E-state index in [2.05, 4.69) is 11.4 Å². The summed E-state index contributed by atoms with van der Waals surface area (Å²) >= 11 is 1.69. The van der Waals surface area contributed by atoms with E-state index in [1.54, 1.807) is 11.3 Å². The van der Waals surface area contributed by atoms with E-state index in [1.807, 2.05) is 41.3 Å². The number of nitrogens with one attached hydrogen (secondary N) is 1. The first-order chi connectivity index (χ1) is 9.16. The minimum Gasteiger partial charge on any atom is -0.351 e. The van der Waals surface area contributed by atoms with Gasteiger partial charge in [0.1, 0.15) is 5.69 Å². The van der Waals surface area contributed by atoms with Crippen LogP contribution >= 0.6 is 23.7 Å². The van der Waals surface area contributed by atoms with Gasteiger partial charge in [0.15, 0.2) is 0 Å². The third-order valence-corrected chi connectivity index (χ3v) is 3.71. The lowest BCUT2D eigenvalue weighted by Crippen LogP contribution is -2.30. The Labute approximate surface area is 129 Å². The van der Waals surface area contributed by atoms with Crippen LogP contribution in [0.4, 0.5) is 0 Å². The number of hydrogen-bond donors (Lipinski definition) is 2. The van der Waals surface area contributed by atoms with Crippen molar-refractivity contribution in [3.05, 3.63) is 46.4 Å². The molecular weight excluding hydrogens is 294 g/mol. The highest BCUT2D eigenvalue weighted by atomic mass is 35.5. The number of nitrogens with two attached hydrogens (primary N) is 1. The number of rotatable bonds is 6. The van der Waals surface area contributed by atoms with Gasteiger partial charge in [0.05, 0.1) is 6.54 Å². The summed E-state index contributed by atoms with van der Waals surface area (Å²) in [5, 5.41) is 4.94. The smallest absolute Gasteiger partial charge is 0.267 e. The number of thiophene rings is 1. The van der Waals surface area contributed by atoms with E-state index in [-0.39, 0.29) is 24.4 Å². The zero-order valence-electron chi connectivity index (χ0n) is 11.4. The molecule has 0 saturated carbocycles. The van der Waals surface area contributed by atoms with Crippen molar-refractivity contribution in [1.29, 1.82) is 0 Å². The van der Waals surface area contributed by atoms with Crippen molar-refractivity contribution < 1.29 is 4.79 Å². The van der Waals surface area contributed by atoms with Gasteiger partial charge in [0.2, 0.25) is 0 Å². The quantitative estimate of drug-likeness (QED) is 0.860. The van der Waals surface area contributed by atoms with E-state index < -0.39 is 0 Å². The normalized spacial score (nSPS) is 11.7. The lowest BCUT2D eigenvalue weighted by atomic mass is 10.2. The molecule has 1 amide bonds. The van der Waals surface area contributed by atoms with Crippen LogP contribution in [0.3, 0.4) is 0 Å². The van der Waals surface area contributed by atoms with Crippen molar-refractivity contribution >= 4 is 29.7 Å². The minimum atomic E-state index is -0.0396. The monoisotopic (exact) mass is 313 g/mol. The Morgan fingerprint density at radius 3 is 2.90 bits per heavy atom. The highest BCUT2D eigenvalue weighted by molar-refractivity contribution is 7.09. The zero-order valence-corrected chi connectivity index (χ0v) is 13.0. The molecule has 2 aromatic rings. The van der Waals surface area contributed by atoms with Gasteiger partial charge in [-0.05, 0) is 36.9 Å². The molecule has 1 unspecified atom stereocenters. The number of hydrogen-bond acceptors (Lipinski definition) is 3. The van der Waals surface area contributed by atoms with Crippen LogP contribution in [0.5, 0.6) is 0 Å². The Morgan fingerprint density at radius 2 is 2.25 bits per heavy atom. The summed E-state index contributed by atoms with van der Waals surface area (Å²) in [4.78, 5) is 13.3. The van der Waals surface area contributed by atoms with Crippen LogP contribution in [-0.2, 0) is 6.54 Å². The fourth-order valence-corrected chi connectivity index (χ4v) is 2.54. The van der Waals surface area contributed by atoms with Crippen molar-refractivity contribution in [2.75, 3.05) is 6.54 Å². The Bertz CT molecular complexity index is 522. The van der Waals surface area contributed by atoms with Gasteiger partial charge >= 0.3 is 0 Å². The summed E-state index contributed by atoms with van der Waals surface area (Å²) in [5.41, 5.74) is 6.36. The van der Waals surface area contributed by atoms with E-state index in [1.165, 1.54) is 4.88 Å². The van der Waals surface area contributed by atoms with Crippen LogP contribution in [0.2, 0.25) is 0 Å². The first kappa shape index (κ1) is 16.8. The molecule has 2 aromatic heterocycles. The highest BCUT2D eigenvalue weighted by Crippen LogP contribution is 2.13. The molecule has 0 fully saturated rings. The Balaban J connectivity index is 0.00000200. The van der Waals surface area contributed by atoms with Gasteiger partial charge in [-0.15, -0.1) is 23.7 Å². The molecule has 0 bridgehead atoms. The summed E-state index contributed by atoms with van der Waals surface area (Å²) in [6.45, 7) is 3.28. The maximum Gasteiger partial charge on any atom is 0.267 e. The summed E-state index contributed by atoms with van der Waals surface area (Å²) in [7, 11) is 0. The molecular formula is C14H20ClN3OS. The molecule has 0 saturated heterocycles. The van der Waals surface area contributed by atoms with Crippen molar-refractivity contribution in [2.45, 2.75) is 25.9 Å². The van der Waals surface area contributed by atoms with Crippen molar-refractivity contribution in [2.24, 2.45) is 5.73 Å². The number of amides is 1. The predicted octanol–water partition coefficient (Wildman–Crippen LogP) is 2.49. The zero-order chi connectivity index (χ0) is 13.7. The first-order valence-electron chi connectivity index (χ1n) is 6.38. The van der Waals surface area contributed by atoms with E-state index >= 15 is 0 Å². The molecule has 3 N–H and O–H groups in total. The predicted molar refractivity (Wildman–Crippen MR) is 85.7 cm³/mol. The van der Waals surface area contributed by atoms with Crippen LogP contribution in [0.1, 0.15) is 28.7 Å². The van der Waals surface area contributed by atoms with Crippen molar-refractivity contribution in [3.8, 4) is 0 Å². The maximum absolute atomic E-state index is 12.1. The number of carbonyl (C=O) groups is 1. The number of aromatic nitrogens is 1. The molecule has 4 nitrogen and oxygen atoms in total. The third kappa shape index (κ3) is 4.67. The minimum absolute atomic E-state index is 0. The number of halogens is 1. The van der Waals surface area contributed by atoms with Gasteiger partial charge in [-0.2, -0.15) is 0 Å². The molecule has 1 atom stereocenters. The summed E-state index contributed by atoms with van der Waals surface area (Å²) in [5.74, 6) is -0.0396. The van der Waals surface area contributed by atoms with E-state index in [4.69, 9.17) is 5.73 Å². The second-order valence-electron chi connectivity index (χ2n) is 4.62. The fourth-order valence-electron chi connectivity index (χ4n) is 1.83. The van der Waals surface area contributed by atoms with Gasteiger partial charge in [-0.3, -0.25) is 4.79 Å².